The molecule has 0 unspecified atom stereocenters. The molecular formula is C12H28BrNO. The molecule has 0 radical (unpaired) electrons. The molecule has 0 aliphatic rings. The van der Waals surface area contributed by atoms with Gasteiger partial charge in [-0.2, -0.15) is 0 Å². The minimum atomic E-state index is 0. The molecular weight excluding hydrogens is 254 g/mol. The predicted octanol–water partition coefficient (Wildman–Crippen LogP) is -0.580. The number of aliphatic hydroxyl groups is 1. The van der Waals surface area contributed by atoms with Crippen molar-refractivity contribution in [1.29, 1.82) is 0 Å². The second-order valence-electron chi connectivity index (χ2n) is 4.15. The summed E-state index contributed by atoms with van der Waals surface area (Å²) in [6.07, 6.45) is 4.76. The average Bonchev–Trinajstić information content (AvgIpc) is 2.24. The van der Waals surface area contributed by atoms with E-state index in [1.807, 2.05) is 0 Å². The fourth-order valence-electron chi connectivity index (χ4n) is 2.06. The highest BCUT2D eigenvalue weighted by atomic mass is 79.9. The molecule has 0 bridgehead atoms. The second-order valence-corrected chi connectivity index (χ2v) is 4.15. The normalized spacial score (nSPS) is 11.2. The van der Waals surface area contributed by atoms with Gasteiger partial charge in [0.05, 0.1) is 26.2 Å². The van der Waals surface area contributed by atoms with Gasteiger partial charge in [0.25, 0.3) is 0 Å². The van der Waals surface area contributed by atoms with Gasteiger partial charge in [-0.15, -0.1) is 0 Å². The Morgan fingerprint density at radius 2 is 1.27 bits per heavy atom. The van der Waals surface area contributed by atoms with Gasteiger partial charge in [-0.3, -0.25) is 0 Å². The van der Waals surface area contributed by atoms with Crippen molar-refractivity contribution in [2.75, 3.05) is 32.8 Å². The Balaban J connectivity index is 0. The van der Waals surface area contributed by atoms with Gasteiger partial charge in [-0.1, -0.05) is 6.42 Å². The van der Waals surface area contributed by atoms with Crippen LogP contribution in [0.3, 0.4) is 0 Å². The highest BCUT2D eigenvalue weighted by Crippen LogP contribution is 2.10. The molecule has 0 aliphatic carbocycles. The van der Waals surface area contributed by atoms with E-state index < -0.39 is 0 Å². The largest absolute Gasteiger partial charge is 1.00 e. The van der Waals surface area contributed by atoms with Gasteiger partial charge in [0.2, 0.25) is 0 Å². The molecule has 0 saturated carbocycles. The molecule has 0 aromatic rings. The highest BCUT2D eigenvalue weighted by Gasteiger charge is 2.19. The van der Waals surface area contributed by atoms with Crippen LogP contribution >= 0.6 is 0 Å². The fraction of sp³-hybridized carbons (Fsp3) is 1.00. The molecule has 94 valence electrons. The molecule has 1 N–H and O–H groups in total. The van der Waals surface area contributed by atoms with Gasteiger partial charge in [0.1, 0.15) is 0 Å². The minimum absolute atomic E-state index is 0. The van der Waals surface area contributed by atoms with Gasteiger partial charge in [-0.25, -0.2) is 0 Å². The van der Waals surface area contributed by atoms with E-state index in [4.69, 9.17) is 5.11 Å². The lowest BCUT2D eigenvalue weighted by Crippen LogP contribution is -3.00. The average molecular weight is 282 g/mol. The van der Waals surface area contributed by atoms with Crippen molar-refractivity contribution in [1.82, 2.24) is 0 Å². The third-order valence-electron chi connectivity index (χ3n) is 3.55. The van der Waals surface area contributed by atoms with Crippen molar-refractivity contribution in [3.8, 4) is 0 Å². The summed E-state index contributed by atoms with van der Waals surface area (Å²) in [5, 5.41) is 8.66. The number of halogens is 1. The van der Waals surface area contributed by atoms with Crippen LogP contribution in [0.4, 0.5) is 0 Å². The molecule has 0 amide bonds. The van der Waals surface area contributed by atoms with Gasteiger partial charge in [-0.05, 0) is 40.0 Å². The Hall–Kier alpha value is 0.400. The van der Waals surface area contributed by atoms with Crippen molar-refractivity contribution < 1.29 is 26.6 Å². The summed E-state index contributed by atoms with van der Waals surface area (Å²) < 4.78 is 1.26. The number of rotatable bonds is 9. The van der Waals surface area contributed by atoms with Gasteiger partial charge in [0.15, 0.2) is 0 Å². The molecule has 0 spiro atoms. The number of quaternary nitrogens is 1. The van der Waals surface area contributed by atoms with Crippen molar-refractivity contribution in [2.45, 2.75) is 46.5 Å². The second kappa shape index (κ2) is 10.9. The molecule has 2 nitrogen and oxygen atoms in total. The lowest BCUT2D eigenvalue weighted by Gasteiger charge is -2.35. The first-order valence-electron chi connectivity index (χ1n) is 6.20. The quantitative estimate of drug-likeness (QED) is 0.443. The standard InChI is InChI=1S/C12H28NO.BrH/c1-4-13(5-2,6-3)11-9-7-8-10-12-14;/h14H,4-12H2,1-3H3;1H/q+1;/p-1. The zero-order valence-corrected chi connectivity index (χ0v) is 12.2. The molecule has 0 atom stereocenters. The van der Waals surface area contributed by atoms with Crippen LogP contribution in [-0.4, -0.2) is 42.4 Å². The zero-order valence-electron chi connectivity index (χ0n) is 10.6. The van der Waals surface area contributed by atoms with Crippen LogP contribution in [-0.2, 0) is 0 Å². The smallest absolute Gasteiger partial charge is 0.0786 e. The Labute approximate surface area is 106 Å². The van der Waals surface area contributed by atoms with Gasteiger partial charge in [0, 0.05) is 6.61 Å². The van der Waals surface area contributed by atoms with Gasteiger partial charge >= 0.3 is 0 Å². The van der Waals surface area contributed by atoms with Crippen LogP contribution in [0.2, 0.25) is 0 Å². The number of hydrogen-bond donors (Lipinski definition) is 1. The van der Waals surface area contributed by atoms with Crippen molar-refractivity contribution >= 4 is 0 Å². The number of unbranched alkanes of at least 4 members (excludes halogenated alkanes) is 3. The van der Waals surface area contributed by atoms with E-state index in [9.17, 15) is 0 Å². The summed E-state index contributed by atoms with van der Waals surface area (Å²) in [4.78, 5) is 0. The van der Waals surface area contributed by atoms with Crippen LogP contribution in [0, 0.1) is 0 Å². The van der Waals surface area contributed by atoms with E-state index in [1.54, 1.807) is 0 Å². The molecule has 0 fully saturated rings. The maximum absolute atomic E-state index is 8.66. The number of nitrogens with zero attached hydrogens (tertiary/aromatic N) is 1. The summed E-state index contributed by atoms with van der Waals surface area (Å²) in [6, 6.07) is 0. The Bertz CT molecular complexity index is 119. The predicted molar refractivity (Wildman–Crippen MR) is 62.3 cm³/mol. The summed E-state index contributed by atoms with van der Waals surface area (Å²) in [5.41, 5.74) is 0. The lowest BCUT2D eigenvalue weighted by molar-refractivity contribution is -0.923. The van der Waals surface area contributed by atoms with Crippen LogP contribution in [0.25, 0.3) is 0 Å². The molecule has 0 rings (SSSR count). The third kappa shape index (κ3) is 7.31. The van der Waals surface area contributed by atoms with E-state index >= 15 is 0 Å². The molecule has 0 aromatic carbocycles. The maximum atomic E-state index is 8.66. The zero-order chi connectivity index (χ0) is 10.9. The summed E-state index contributed by atoms with van der Waals surface area (Å²) in [7, 11) is 0. The van der Waals surface area contributed by atoms with Crippen LogP contribution in [0.15, 0.2) is 0 Å². The first-order valence-corrected chi connectivity index (χ1v) is 6.20. The topological polar surface area (TPSA) is 20.2 Å². The monoisotopic (exact) mass is 281 g/mol. The van der Waals surface area contributed by atoms with Crippen LogP contribution < -0.4 is 17.0 Å². The first kappa shape index (κ1) is 17.8. The lowest BCUT2D eigenvalue weighted by atomic mass is 10.1. The van der Waals surface area contributed by atoms with E-state index in [0.29, 0.717) is 6.61 Å². The minimum Gasteiger partial charge on any atom is -1.00 e. The summed E-state index contributed by atoms with van der Waals surface area (Å²) in [5.74, 6) is 0. The molecule has 15 heavy (non-hydrogen) atoms. The first-order chi connectivity index (χ1) is 6.74. The van der Waals surface area contributed by atoms with Crippen molar-refractivity contribution in [3.63, 3.8) is 0 Å². The van der Waals surface area contributed by atoms with Crippen LogP contribution in [0.1, 0.15) is 46.5 Å². The highest BCUT2D eigenvalue weighted by molar-refractivity contribution is 4.44. The SMILES string of the molecule is CC[N+](CC)(CC)CCCCCCO.[Br-]. The third-order valence-corrected chi connectivity index (χ3v) is 3.55. The Kier molecular flexibility index (Phi) is 12.9. The Morgan fingerprint density at radius 1 is 0.800 bits per heavy atom. The summed E-state index contributed by atoms with van der Waals surface area (Å²) in [6.45, 7) is 12.3. The van der Waals surface area contributed by atoms with Gasteiger partial charge < -0.3 is 26.6 Å². The van der Waals surface area contributed by atoms with E-state index in [2.05, 4.69) is 20.8 Å². The van der Waals surface area contributed by atoms with E-state index in [-0.39, 0.29) is 17.0 Å². The molecule has 3 heteroatoms. The Morgan fingerprint density at radius 3 is 1.67 bits per heavy atom. The van der Waals surface area contributed by atoms with Crippen molar-refractivity contribution in [2.24, 2.45) is 0 Å². The summed E-state index contributed by atoms with van der Waals surface area (Å²) >= 11 is 0. The van der Waals surface area contributed by atoms with E-state index in [0.717, 1.165) is 6.42 Å². The maximum Gasteiger partial charge on any atom is 0.0786 e. The molecule has 0 saturated heterocycles. The van der Waals surface area contributed by atoms with Crippen LogP contribution in [0.5, 0.6) is 0 Å². The fourth-order valence-corrected chi connectivity index (χ4v) is 2.06. The molecule has 0 aliphatic heterocycles. The van der Waals surface area contributed by atoms with Crippen molar-refractivity contribution in [3.05, 3.63) is 0 Å². The molecule has 0 aromatic heterocycles. The number of hydrogen-bond acceptors (Lipinski definition) is 1. The van der Waals surface area contributed by atoms with E-state index in [1.165, 1.54) is 49.9 Å². The number of aliphatic hydroxyl groups excluding tert-OH is 1. The molecule has 0 heterocycles.